The van der Waals surface area contributed by atoms with Crippen LogP contribution < -0.4 is 0 Å². The third-order valence-electron chi connectivity index (χ3n) is 0.723. The lowest BCUT2D eigenvalue weighted by atomic mass is 10.4. The Morgan fingerprint density at radius 2 is 2.56 bits per heavy atom. The van der Waals surface area contributed by atoms with Crippen LogP contribution in [-0.2, 0) is 0 Å². The fraction of sp³-hybridized carbons (Fsp3) is 0. The van der Waals surface area contributed by atoms with Gasteiger partial charge in [0.1, 0.15) is 24.2 Å². The molecule has 9 heavy (non-hydrogen) atoms. The molecule has 0 amide bonds. The van der Waals surface area contributed by atoms with Gasteiger partial charge in [-0.1, -0.05) is 0 Å². The number of hydrogen-bond donors (Lipinski definition) is 0. The summed E-state index contributed by atoms with van der Waals surface area (Å²) in [7, 11) is 0. The predicted molar refractivity (Wildman–Crippen MR) is 25.5 cm³/mol. The molecule has 0 aliphatic rings. The zero-order valence-electron chi connectivity index (χ0n) is 4.30. The molecule has 0 aliphatic heterocycles. The highest BCUT2D eigenvalue weighted by Crippen LogP contribution is 1.95. The van der Waals surface area contributed by atoms with Gasteiger partial charge in [-0.15, -0.1) is 0 Å². The molecule has 0 fully saturated rings. The Bertz CT molecular complexity index is 253. The summed E-state index contributed by atoms with van der Waals surface area (Å²) in [6.45, 7) is 0. The van der Waals surface area contributed by atoms with E-state index in [0.29, 0.717) is 0 Å². The van der Waals surface area contributed by atoms with Crippen LogP contribution in [0.1, 0.15) is 5.56 Å². The molecule has 1 heterocycles. The van der Waals surface area contributed by atoms with E-state index in [4.69, 9.17) is 5.26 Å². The highest BCUT2D eigenvalue weighted by Gasteiger charge is 1.98. The minimum atomic E-state index is -0.826. The van der Waals surface area contributed by atoms with Crippen LogP contribution in [0.15, 0.2) is 6.33 Å². The molecule has 0 saturated carbocycles. The van der Waals surface area contributed by atoms with Crippen molar-refractivity contribution >= 4 is 0 Å². The maximum absolute atomic E-state index is 12.2. The summed E-state index contributed by atoms with van der Waals surface area (Å²) in [5, 5.41) is 8.12. The Morgan fingerprint density at radius 1 is 1.78 bits per heavy atom. The smallest absolute Gasteiger partial charge is 0.233 e. The van der Waals surface area contributed by atoms with Gasteiger partial charge < -0.3 is 0 Å². The maximum Gasteiger partial charge on any atom is 0.234 e. The normalized spacial score (nSPS) is 8.44. The molecule has 0 saturated heterocycles. The predicted octanol–water partition coefficient (Wildman–Crippen LogP) is 0.288. The first-order valence-corrected chi connectivity index (χ1v) is 2.13. The standard InChI is InChI=1S/C5HFN3/c6-5-4(1-7)2-8-3-9-5/h3H. The van der Waals surface area contributed by atoms with E-state index in [1.165, 1.54) is 6.07 Å². The van der Waals surface area contributed by atoms with Crippen molar-refractivity contribution in [3.8, 4) is 6.07 Å². The maximum atomic E-state index is 12.2. The molecular weight excluding hydrogens is 121 g/mol. The van der Waals surface area contributed by atoms with Crippen molar-refractivity contribution in [1.29, 1.82) is 5.26 Å². The second-order valence-electron chi connectivity index (χ2n) is 1.26. The number of aromatic nitrogens is 2. The molecule has 1 aromatic heterocycles. The van der Waals surface area contributed by atoms with Gasteiger partial charge in [0, 0.05) is 0 Å². The highest BCUT2D eigenvalue weighted by molar-refractivity contribution is 5.21. The van der Waals surface area contributed by atoms with Crippen molar-refractivity contribution in [2.75, 3.05) is 0 Å². The monoisotopic (exact) mass is 122 g/mol. The van der Waals surface area contributed by atoms with Crippen molar-refractivity contribution in [3.63, 3.8) is 0 Å². The number of halogens is 1. The fourth-order valence-corrected chi connectivity index (χ4v) is 0.355. The molecule has 0 aliphatic carbocycles. The van der Waals surface area contributed by atoms with E-state index >= 15 is 0 Å². The molecule has 0 N–H and O–H groups in total. The molecule has 1 radical (unpaired) electrons. The fourth-order valence-electron chi connectivity index (χ4n) is 0.355. The van der Waals surface area contributed by atoms with Gasteiger partial charge in [-0.2, -0.15) is 9.65 Å². The van der Waals surface area contributed by atoms with E-state index < -0.39 is 5.95 Å². The quantitative estimate of drug-likeness (QED) is 0.464. The van der Waals surface area contributed by atoms with Crippen molar-refractivity contribution in [2.45, 2.75) is 0 Å². The van der Waals surface area contributed by atoms with Crippen LogP contribution in [0.2, 0.25) is 0 Å². The first kappa shape index (κ1) is 5.63. The first-order valence-electron chi connectivity index (χ1n) is 2.13. The van der Waals surface area contributed by atoms with Crippen molar-refractivity contribution in [2.24, 2.45) is 0 Å². The van der Waals surface area contributed by atoms with Gasteiger partial charge in [0.2, 0.25) is 5.95 Å². The van der Waals surface area contributed by atoms with Gasteiger partial charge in [0.05, 0.1) is 0 Å². The van der Waals surface area contributed by atoms with E-state index in [2.05, 4.69) is 16.2 Å². The highest BCUT2D eigenvalue weighted by atomic mass is 19.1. The lowest BCUT2D eigenvalue weighted by Crippen LogP contribution is -1.89. The Morgan fingerprint density at radius 3 is 3.00 bits per heavy atom. The average molecular weight is 122 g/mol. The van der Waals surface area contributed by atoms with Crippen molar-refractivity contribution < 1.29 is 4.39 Å². The zero-order valence-corrected chi connectivity index (χ0v) is 4.30. The van der Waals surface area contributed by atoms with Crippen LogP contribution in [0.3, 0.4) is 0 Å². The van der Waals surface area contributed by atoms with E-state index in [0.717, 1.165) is 6.33 Å². The van der Waals surface area contributed by atoms with Gasteiger partial charge in [-0.05, 0) is 0 Å². The van der Waals surface area contributed by atoms with Crippen molar-refractivity contribution in [3.05, 3.63) is 24.0 Å². The van der Waals surface area contributed by atoms with Crippen LogP contribution >= 0.6 is 0 Å². The molecule has 0 unspecified atom stereocenters. The summed E-state index contributed by atoms with van der Waals surface area (Å²) >= 11 is 0. The Labute approximate surface area is 50.8 Å². The molecule has 1 rings (SSSR count). The first-order chi connectivity index (χ1) is 4.34. The van der Waals surface area contributed by atoms with Crippen LogP contribution in [0.25, 0.3) is 0 Å². The topological polar surface area (TPSA) is 49.6 Å². The molecular formula is C5HFN3. The molecule has 3 nitrogen and oxygen atoms in total. The van der Waals surface area contributed by atoms with Gasteiger partial charge in [0.25, 0.3) is 0 Å². The SMILES string of the molecule is N#Cc1[c]ncnc1F. The van der Waals surface area contributed by atoms with E-state index in [-0.39, 0.29) is 5.56 Å². The summed E-state index contributed by atoms with van der Waals surface area (Å²) in [5.74, 6) is -0.826. The minimum absolute atomic E-state index is 0.252. The Hall–Kier alpha value is -1.50. The van der Waals surface area contributed by atoms with Crippen molar-refractivity contribution in [1.82, 2.24) is 9.97 Å². The van der Waals surface area contributed by atoms with Crippen LogP contribution in [0, 0.1) is 23.5 Å². The number of nitrogens with zero attached hydrogens (tertiary/aromatic N) is 3. The number of hydrogen-bond acceptors (Lipinski definition) is 3. The number of nitriles is 1. The molecule has 1 aromatic rings. The van der Waals surface area contributed by atoms with E-state index in [9.17, 15) is 4.39 Å². The summed E-state index contributed by atoms with van der Waals surface area (Å²) in [5.41, 5.74) is -0.252. The van der Waals surface area contributed by atoms with Crippen LogP contribution in [-0.4, -0.2) is 9.97 Å². The van der Waals surface area contributed by atoms with Gasteiger partial charge in [-0.3, -0.25) is 0 Å². The van der Waals surface area contributed by atoms with Gasteiger partial charge in [-0.25, -0.2) is 9.97 Å². The minimum Gasteiger partial charge on any atom is -0.233 e. The Kier molecular flexibility index (Phi) is 1.36. The molecule has 0 spiro atoms. The van der Waals surface area contributed by atoms with Gasteiger partial charge >= 0.3 is 0 Å². The largest absolute Gasteiger partial charge is 0.234 e. The Balaban J connectivity index is 3.20. The summed E-state index contributed by atoms with van der Waals surface area (Å²) in [4.78, 5) is 6.44. The van der Waals surface area contributed by atoms with E-state index in [1.54, 1.807) is 0 Å². The lowest BCUT2D eigenvalue weighted by molar-refractivity contribution is 0.574. The van der Waals surface area contributed by atoms with Gasteiger partial charge in [0.15, 0.2) is 0 Å². The molecule has 43 valence electrons. The second-order valence-corrected chi connectivity index (χ2v) is 1.26. The third kappa shape index (κ3) is 0.995. The van der Waals surface area contributed by atoms with Crippen LogP contribution in [0.5, 0.6) is 0 Å². The molecule has 0 bridgehead atoms. The van der Waals surface area contributed by atoms with Crippen LogP contribution in [0.4, 0.5) is 4.39 Å². The third-order valence-corrected chi connectivity index (χ3v) is 0.723. The number of rotatable bonds is 0. The summed E-state index contributed by atoms with van der Waals surface area (Å²) < 4.78 is 12.2. The average Bonchev–Trinajstić information content (AvgIpc) is 1.89. The second kappa shape index (κ2) is 2.18. The molecule has 4 heteroatoms. The zero-order chi connectivity index (χ0) is 6.69. The molecule has 0 atom stereocenters. The summed E-state index contributed by atoms with van der Waals surface area (Å²) in [6.07, 6.45) is 3.13. The van der Waals surface area contributed by atoms with E-state index in [1.807, 2.05) is 0 Å². The summed E-state index contributed by atoms with van der Waals surface area (Å²) in [6, 6.07) is 1.54. The molecule has 0 aromatic carbocycles. The lowest BCUT2D eigenvalue weighted by Gasteiger charge is -1.84.